The van der Waals surface area contributed by atoms with Crippen molar-refractivity contribution in [1.82, 2.24) is 5.32 Å². The van der Waals surface area contributed by atoms with Gasteiger partial charge in [-0.05, 0) is 37.0 Å². The van der Waals surface area contributed by atoms with Crippen LogP contribution in [0.2, 0.25) is 0 Å². The van der Waals surface area contributed by atoms with Crippen LogP contribution >= 0.6 is 10.7 Å². The number of nitrogens with one attached hydrogen (secondary N) is 1. The van der Waals surface area contributed by atoms with Gasteiger partial charge >= 0.3 is 0 Å². The molecule has 0 radical (unpaired) electrons. The van der Waals surface area contributed by atoms with Crippen molar-refractivity contribution in [3.8, 4) is 0 Å². The van der Waals surface area contributed by atoms with Crippen LogP contribution in [0.4, 0.5) is 0 Å². The molecule has 4 nitrogen and oxygen atoms in total. The van der Waals surface area contributed by atoms with Crippen molar-refractivity contribution < 1.29 is 13.2 Å². The molecule has 0 aliphatic carbocycles. The molecule has 0 aliphatic rings. The fourth-order valence-electron chi connectivity index (χ4n) is 1.87. The highest BCUT2D eigenvalue weighted by molar-refractivity contribution is 8.13. The number of benzene rings is 1. The second-order valence-electron chi connectivity index (χ2n) is 4.66. The third-order valence-corrected chi connectivity index (χ3v) is 4.57. The number of rotatable bonds is 7. The van der Waals surface area contributed by atoms with E-state index in [1.807, 2.05) is 13.8 Å². The van der Waals surface area contributed by atoms with E-state index in [9.17, 15) is 13.2 Å². The molecule has 1 amide bonds. The Morgan fingerprint density at radius 2 is 1.75 bits per heavy atom. The number of halogens is 1. The van der Waals surface area contributed by atoms with Crippen LogP contribution in [0.1, 0.15) is 38.7 Å². The van der Waals surface area contributed by atoms with Crippen LogP contribution in [-0.2, 0) is 20.3 Å². The van der Waals surface area contributed by atoms with Crippen LogP contribution in [0.25, 0.3) is 0 Å². The fraction of sp³-hybridized carbons (Fsp3) is 0.500. The largest absolute Gasteiger partial charge is 0.353 e. The molecule has 0 heterocycles. The Morgan fingerprint density at radius 1 is 1.20 bits per heavy atom. The smallest absolute Gasteiger partial charge is 0.261 e. The summed E-state index contributed by atoms with van der Waals surface area (Å²) < 4.78 is 22.2. The van der Waals surface area contributed by atoms with Gasteiger partial charge in [0.2, 0.25) is 5.91 Å². The summed E-state index contributed by atoms with van der Waals surface area (Å²) in [4.78, 5) is 11.8. The van der Waals surface area contributed by atoms with Gasteiger partial charge < -0.3 is 5.32 Å². The normalized spacial score (nSPS) is 11.6. The van der Waals surface area contributed by atoms with Gasteiger partial charge in [0, 0.05) is 23.1 Å². The van der Waals surface area contributed by atoms with E-state index < -0.39 is 9.05 Å². The van der Waals surface area contributed by atoms with E-state index in [1.165, 1.54) is 12.1 Å². The summed E-state index contributed by atoms with van der Waals surface area (Å²) in [5.41, 5.74) is 0.911. The van der Waals surface area contributed by atoms with E-state index in [4.69, 9.17) is 10.7 Å². The highest BCUT2D eigenvalue weighted by Gasteiger charge is 2.10. The minimum absolute atomic E-state index is 0.0211. The van der Waals surface area contributed by atoms with Crippen LogP contribution < -0.4 is 5.32 Å². The van der Waals surface area contributed by atoms with Crippen LogP contribution in [-0.4, -0.2) is 20.4 Å². The van der Waals surface area contributed by atoms with E-state index in [0.717, 1.165) is 18.4 Å². The lowest BCUT2D eigenvalue weighted by atomic mass is 10.1. The van der Waals surface area contributed by atoms with Gasteiger partial charge in [-0.3, -0.25) is 4.79 Å². The molecule has 0 unspecified atom stereocenters. The zero-order valence-corrected chi connectivity index (χ0v) is 13.3. The van der Waals surface area contributed by atoms with Crippen molar-refractivity contribution in [2.45, 2.75) is 50.5 Å². The second-order valence-corrected chi connectivity index (χ2v) is 7.23. The zero-order valence-electron chi connectivity index (χ0n) is 11.7. The topological polar surface area (TPSA) is 63.2 Å². The second kappa shape index (κ2) is 7.64. The molecule has 0 atom stereocenters. The van der Waals surface area contributed by atoms with Crippen molar-refractivity contribution in [1.29, 1.82) is 0 Å². The minimum Gasteiger partial charge on any atom is -0.353 e. The Labute approximate surface area is 124 Å². The van der Waals surface area contributed by atoms with Crippen molar-refractivity contribution in [3.63, 3.8) is 0 Å². The van der Waals surface area contributed by atoms with Crippen LogP contribution in [0.3, 0.4) is 0 Å². The summed E-state index contributed by atoms with van der Waals surface area (Å²) in [7, 11) is 1.56. The Kier molecular flexibility index (Phi) is 6.49. The maximum absolute atomic E-state index is 11.7. The standard InChI is InChI=1S/C14H20ClNO3S/c1-3-12(4-2)16-14(17)10-7-11-5-8-13(9-6-11)20(15,18)19/h5-6,8-9,12H,3-4,7,10H2,1-2H3,(H,16,17). The summed E-state index contributed by atoms with van der Waals surface area (Å²) >= 11 is 0. The maximum Gasteiger partial charge on any atom is 0.261 e. The van der Waals surface area contributed by atoms with E-state index in [2.05, 4.69) is 5.32 Å². The first-order valence-electron chi connectivity index (χ1n) is 6.69. The molecule has 1 N–H and O–H groups in total. The summed E-state index contributed by atoms with van der Waals surface area (Å²) in [6, 6.07) is 6.50. The van der Waals surface area contributed by atoms with E-state index in [1.54, 1.807) is 12.1 Å². The van der Waals surface area contributed by atoms with Crippen LogP contribution in [0.5, 0.6) is 0 Å². The molecule has 20 heavy (non-hydrogen) atoms. The Hall–Kier alpha value is -1.07. The number of carbonyl (C=O) groups is 1. The molecule has 6 heteroatoms. The summed E-state index contributed by atoms with van der Waals surface area (Å²) in [5, 5.41) is 2.97. The Balaban J connectivity index is 2.52. The summed E-state index contributed by atoms with van der Waals surface area (Å²) in [6.07, 6.45) is 2.81. The maximum atomic E-state index is 11.7. The molecule has 112 valence electrons. The Morgan fingerprint density at radius 3 is 2.20 bits per heavy atom. The molecule has 1 aromatic rings. The zero-order chi connectivity index (χ0) is 15.2. The van der Waals surface area contributed by atoms with Crippen LogP contribution in [0, 0.1) is 0 Å². The van der Waals surface area contributed by atoms with Gasteiger partial charge in [0.25, 0.3) is 9.05 Å². The average Bonchev–Trinajstić information content (AvgIpc) is 2.42. The first kappa shape index (κ1) is 17.0. The SMILES string of the molecule is CCC(CC)NC(=O)CCc1ccc(S(=O)(=O)Cl)cc1. The van der Waals surface area contributed by atoms with Gasteiger partial charge in [-0.15, -0.1) is 0 Å². The predicted molar refractivity (Wildman–Crippen MR) is 80.3 cm³/mol. The molecule has 0 fully saturated rings. The number of amides is 1. The molecule has 0 spiro atoms. The highest BCUT2D eigenvalue weighted by atomic mass is 35.7. The lowest BCUT2D eigenvalue weighted by Gasteiger charge is -2.14. The molecule has 1 rings (SSSR count). The van der Waals surface area contributed by atoms with Gasteiger partial charge in [-0.2, -0.15) is 0 Å². The molecular formula is C14H20ClNO3S. The first-order chi connectivity index (χ1) is 9.36. The van der Waals surface area contributed by atoms with Gasteiger partial charge in [0.15, 0.2) is 0 Å². The predicted octanol–water partition coefficient (Wildman–Crippen LogP) is 2.85. The molecule has 0 aliphatic heterocycles. The summed E-state index contributed by atoms with van der Waals surface area (Å²) in [5.74, 6) is 0.0211. The van der Waals surface area contributed by atoms with E-state index >= 15 is 0 Å². The van der Waals surface area contributed by atoms with Gasteiger partial charge in [0.05, 0.1) is 4.90 Å². The molecule has 0 bridgehead atoms. The number of carbonyl (C=O) groups excluding carboxylic acids is 1. The lowest BCUT2D eigenvalue weighted by Crippen LogP contribution is -2.33. The van der Waals surface area contributed by atoms with E-state index in [0.29, 0.717) is 12.8 Å². The fourth-order valence-corrected chi connectivity index (χ4v) is 2.64. The lowest BCUT2D eigenvalue weighted by molar-refractivity contribution is -0.121. The van der Waals surface area contributed by atoms with Gasteiger partial charge in [-0.25, -0.2) is 8.42 Å². The third kappa shape index (κ3) is 5.51. The highest BCUT2D eigenvalue weighted by Crippen LogP contribution is 2.16. The first-order valence-corrected chi connectivity index (χ1v) is 9.00. The van der Waals surface area contributed by atoms with Gasteiger partial charge in [0.1, 0.15) is 0 Å². The van der Waals surface area contributed by atoms with Crippen molar-refractivity contribution in [2.24, 2.45) is 0 Å². The number of hydrogen-bond donors (Lipinski definition) is 1. The van der Waals surface area contributed by atoms with Crippen molar-refractivity contribution >= 4 is 25.6 Å². The monoisotopic (exact) mass is 317 g/mol. The van der Waals surface area contributed by atoms with Gasteiger partial charge in [-0.1, -0.05) is 26.0 Å². The molecule has 1 aromatic carbocycles. The van der Waals surface area contributed by atoms with Crippen LogP contribution in [0.15, 0.2) is 29.2 Å². The van der Waals surface area contributed by atoms with E-state index in [-0.39, 0.29) is 16.8 Å². The number of hydrogen-bond acceptors (Lipinski definition) is 3. The summed E-state index contributed by atoms with van der Waals surface area (Å²) in [6.45, 7) is 4.08. The minimum atomic E-state index is -3.68. The third-order valence-electron chi connectivity index (χ3n) is 3.20. The van der Waals surface area contributed by atoms with Crippen molar-refractivity contribution in [3.05, 3.63) is 29.8 Å². The average molecular weight is 318 g/mol. The molecular weight excluding hydrogens is 298 g/mol. The molecule has 0 saturated carbocycles. The number of aryl methyl sites for hydroxylation is 1. The molecule has 0 saturated heterocycles. The van der Waals surface area contributed by atoms with Crippen molar-refractivity contribution in [2.75, 3.05) is 0 Å². The quantitative estimate of drug-likeness (QED) is 0.786. The molecule has 0 aromatic heterocycles. The Bertz CT molecular complexity index is 536.